The average Bonchev–Trinajstić information content (AvgIpc) is 3.07. The van der Waals surface area contributed by atoms with Gasteiger partial charge >= 0.3 is 0 Å². The Morgan fingerprint density at radius 1 is 1.14 bits per heavy atom. The largest absolute Gasteiger partial charge is 0.494 e. The SMILES string of the molecule is c1cn(CCCOc2ccc(CN3CCOCC3)cc2)cn1. The molecule has 5 heteroatoms. The highest BCUT2D eigenvalue weighted by Gasteiger charge is 2.10. The number of benzene rings is 1. The number of rotatable bonds is 7. The van der Waals surface area contributed by atoms with Crippen LogP contribution in [0.4, 0.5) is 0 Å². The predicted molar refractivity (Wildman–Crippen MR) is 84.9 cm³/mol. The fourth-order valence-corrected chi connectivity index (χ4v) is 2.56. The highest BCUT2D eigenvalue weighted by molar-refractivity contribution is 5.27. The van der Waals surface area contributed by atoms with Crippen LogP contribution in [-0.2, 0) is 17.8 Å². The number of nitrogens with zero attached hydrogens (tertiary/aromatic N) is 3. The van der Waals surface area contributed by atoms with E-state index in [2.05, 4.69) is 38.7 Å². The van der Waals surface area contributed by atoms with E-state index < -0.39 is 0 Å². The molecule has 5 nitrogen and oxygen atoms in total. The smallest absolute Gasteiger partial charge is 0.119 e. The van der Waals surface area contributed by atoms with Gasteiger partial charge in [0.2, 0.25) is 0 Å². The van der Waals surface area contributed by atoms with Gasteiger partial charge in [0.25, 0.3) is 0 Å². The molecule has 1 aliphatic rings. The molecule has 22 heavy (non-hydrogen) atoms. The minimum atomic E-state index is 0.723. The van der Waals surface area contributed by atoms with Crippen LogP contribution < -0.4 is 4.74 Å². The number of ether oxygens (including phenoxy) is 2. The summed E-state index contributed by atoms with van der Waals surface area (Å²) in [6.07, 6.45) is 6.58. The molecule has 1 aromatic heterocycles. The molecule has 1 aromatic carbocycles. The monoisotopic (exact) mass is 301 g/mol. The van der Waals surface area contributed by atoms with Crippen molar-refractivity contribution in [1.29, 1.82) is 0 Å². The van der Waals surface area contributed by atoms with Gasteiger partial charge in [-0.1, -0.05) is 12.1 Å². The maximum atomic E-state index is 5.78. The van der Waals surface area contributed by atoms with Gasteiger partial charge in [-0.2, -0.15) is 0 Å². The van der Waals surface area contributed by atoms with Gasteiger partial charge in [0.1, 0.15) is 5.75 Å². The number of hydrogen-bond acceptors (Lipinski definition) is 4. The fourth-order valence-electron chi connectivity index (χ4n) is 2.56. The molecular weight excluding hydrogens is 278 g/mol. The first-order chi connectivity index (χ1) is 10.9. The van der Waals surface area contributed by atoms with Crippen molar-refractivity contribution in [3.63, 3.8) is 0 Å². The molecule has 0 radical (unpaired) electrons. The molecule has 0 saturated carbocycles. The number of morpholine rings is 1. The Kier molecular flexibility index (Phi) is 5.45. The van der Waals surface area contributed by atoms with Crippen LogP contribution >= 0.6 is 0 Å². The molecule has 2 aromatic rings. The van der Waals surface area contributed by atoms with Crippen molar-refractivity contribution < 1.29 is 9.47 Å². The van der Waals surface area contributed by atoms with Gasteiger partial charge < -0.3 is 14.0 Å². The lowest BCUT2D eigenvalue weighted by molar-refractivity contribution is 0.0342. The van der Waals surface area contributed by atoms with E-state index in [1.807, 2.05) is 12.5 Å². The van der Waals surface area contributed by atoms with Gasteiger partial charge in [-0.25, -0.2) is 4.98 Å². The number of aromatic nitrogens is 2. The third-order valence-corrected chi connectivity index (χ3v) is 3.82. The molecule has 0 aliphatic carbocycles. The van der Waals surface area contributed by atoms with Crippen molar-refractivity contribution in [3.8, 4) is 5.75 Å². The zero-order valence-electron chi connectivity index (χ0n) is 12.9. The van der Waals surface area contributed by atoms with Crippen molar-refractivity contribution in [2.75, 3.05) is 32.9 Å². The van der Waals surface area contributed by atoms with Crippen LogP contribution in [0.2, 0.25) is 0 Å². The molecule has 0 unspecified atom stereocenters. The lowest BCUT2D eigenvalue weighted by Gasteiger charge is -2.26. The van der Waals surface area contributed by atoms with Gasteiger partial charge in [0.05, 0.1) is 26.1 Å². The summed E-state index contributed by atoms with van der Waals surface area (Å²) >= 11 is 0. The van der Waals surface area contributed by atoms with Gasteiger partial charge in [-0.05, 0) is 24.1 Å². The average molecular weight is 301 g/mol. The Hall–Kier alpha value is -1.85. The molecule has 0 spiro atoms. The zero-order valence-corrected chi connectivity index (χ0v) is 12.9. The molecule has 0 atom stereocenters. The zero-order chi connectivity index (χ0) is 15.0. The number of aryl methyl sites for hydroxylation is 1. The van der Waals surface area contributed by atoms with Crippen molar-refractivity contribution >= 4 is 0 Å². The third kappa shape index (κ3) is 4.58. The standard InChI is InChI=1S/C17H23N3O2/c1(7-20-8-6-18-15-20)11-22-17-4-2-16(3-5-17)14-19-9-12-21-13-10-19/h2-6,8,15H,1,7,9-14H2. The summed E-state index contributed by atoms with van der Waals surface area (Å²) in [4.78, 5) is 6.45. The first-order valence-electron chi connectivity index (χ1n) is 7.88. The van der Waals surface area contributed by atoms with Crippen LogP contribution in [0, 0.1) is 0 Å². The quantitative estimate of drug-likeness (QED) is 0.735. The highest BCUT2D eigenvalue weighted by Crippen LogP contribution is 2.14. The number of imidazole rings is 1. The molecule has 1 fully saturated rings. The Morgan fingerprint density at radius 2 is 1.95 bits per heavy atom. The van der Waals surface area contributed by atoms with Crippen molar-refractivity contribution in [1.82, 2.24) is 14.5 Å². The van der Waals surface area contributed by atoms with Gasteiger partial charge in [-0.15, -0.1) is 0 Å². The summed E-state index contributed by atoms with van der Waals surface area (Å²) in [5.74, 6) is 0.941. The Balaban J connectivity index is 1.39. The van der Waals surface area contributed by atoms with Gasteiger partial charge in [-0.3, -0.25) is 4.90 Å². The van der Waals surface area contributed by atoms with Crippen LogP contribution in [0.1, 0.15) is 12.0 Å². The molecule has 1 saturated heterocycles. The fraction of sp³-hybridized carbons (Fsp3) is 0.471. The van der Waals surface area contributed by atoms with Crippen LogP contribution in [0.5, 0.6) is 5.75 Å². The van der Waals surface area contributed by atoms with E-state index in [0.717, 1.165) is 58.2 Å². The normalized spacial score (nSPS) is 15.8. The molecule has 0 amide bonds. The summed E-state index contributed by atoms with van der Waals surface area (Å²) in [5.41, 5.74) is 1.33. The summed E-state index contributed by atoms with van der Waals surface area (Å²) in [6.45, 7) is 6.38. The summed E-state index contributed by atoms with van der Waals surface area (Å²) < 4.78 is 13.2. The van der Waals surface area contributed by atoms with E-state index in [0.29, 0.717) is 0 Å². The third-order valence-electron chi connectivity index (χ3n) is 3.82. The van der Waals surface area contributed by atoms with Crippen LogP contribution in [0.3, 0.4) is 0 Å². The van der Waals surface area contributed by atoms with Crippen molar-refractivity contribution in [3.05, 3.63) is 48.5 Å². The lowest BCUT2D eigenvalue weighted by atomic mass is 10.2. The van der Waals surface area contributed by atoms with E-state index in [1.165, 1.54) is 5.56 Å². The predicted octanol–water partition coefficient (Wildman–Crippen LogP) is 2.18. The molecular formula is C17H23N3O2. The minimum Gasteiger partial charge on any atom is -0.494 e. The van der Waals surface area contributed by atoms with Crippen LogP contribution in [0.25, 0.3) is 0 Å². The maximum Gasteiger partial charge on any atom is 0.119 e. The summed E-state index contributed by atoms with van der Waals surface area (Å²) in [7, 11) is 0. The first-order valence-corrected chi connectivity index (χ1v) is 7.88. The summed E-state index contributed by atoms with van der Waals surface area (Å²) in [6, 6.07) is 8.43. The first kappa shape index (κ1) is 15.1. The maximum absolute atomic E-state index is 5.78. The molecule has 0 N–H and O–H groups in total. The highest BCUT2D eigenvalue weighted by atomic mass is 16.5. The van der Waals surface area contributed by atoms with E-state index in [1.54, 1.807) is 6.20 Å². The second-order valence-electron chi connectivity index (χ2n) is 5.53. The Morgan fingerprint density at radius 3 is 2.68 bits per heavy atom. The van der Waals surface area contributed by atoms with E-state index in [9.17, 15) is 0 Å². The van der Waals surface area contributed by atoms with Gasteiger partial charge in [0.15, 0.2) is 0 Å². The molecule has 118 valence electrons. The van der Waals surface area contributed by atoms with E-state index in [4.69, 9.17) is 9.47 Å². The van der Waals surface area contributed by atoms with E-state index >= 15 is 0 Å². The van der Waals surface area contributed by atoms with Crippen molar-refractivity contribution in [2.24, 2.45) is 0 Å². The molecule has 1 aliphatic heterocycles. The molecule has 2 heterocycles. The molecule has 0 bridgehead atoms. The Bertz CT molecular complexity index is 534. The van der Waals surface area contributed by atoms with Crippen LogP contribution in [0.15, 0.2) is 43.0 Å². The van der Waals surface area contributed by atoms with Crippen molar-refractivity contribution in [2.45, 2.75) is 19.5 Å². The Labute approximate surface area is 131 Å². The minimum absolute atomic E-state index is 0.723. The topological polar surface area (TPSA) is 39.5 Å². The second kappa shape index (κ2) is 7.96. The lowest BCUT2D eigenvalue weighted by Crippen LogP contribution is -2.35. The van der Waals surface area contributed by atoms with Crippen LogP contribution in [-0.4, -0.2) is 47.4 Å². The molecule has 3 rings (SSSR count). The van der Waals surface area contributed by atoms with E-state index in [-0.39, 0.29) is 0 Å². The summed E-state index contributed by atoms with van der Waals surface area (Å²) in [5, 5.41) is 0. The van der Waals surface area contributed by atoms with Gasteiger partial charge in [0, 0.05) is 38.6 Å². The number of hydrogen-bond donors (Lipinski definition) is 0. The second-order valence-corrected chi connectivity index (χ2v) is 5.53.